The lowest BCUT2D eigenvalue weighted by atomic mass is 9.67. The maximum atomic E-state index is 13.0. The zero-order valence-electron chi connectivity index (χ0n) is 20.1. The molecule has 180 valence electrons. The number of carbonyl (C=O) groups is 4. The number of imide groups is 1. The molecule has 3 fully saturated rings. The molecule has 0 atom stereocenters. The number of hydrogen-bond donors (Lipinski definition) is 1. The number of likely N-dealkylation sites (N-methyl/N-ethyl adjacent to an activating group) is 1. The van der Waals surface area contributed by atoms with Gasteiger partial charge in [-0.05, 0) is 56.8 Å². The van der Waals surface area contributed by atoms with Gasteiger partial charge in [0.2, 0.25) is 0 Å². The quantitative estimate of drug-likeness (QED) is 0.496. The molecular formula is C24H39N3O5. The van der Waals surface area contributed by atoms with Gasteiger partial charge in [0.1, 0.15) is 12.1 Å². The molecule has 0 aromatic heterocycles. The summed E-state index contributed by atoms with van der Waals surface area (Å²) >= 11 is 0. The Bertz CT molecular complexity index is 730. The molecule has 1 heterocycles. The second-order valence-corrected chi connectivity index (χ2v) is 10.7. The Morgan fingerprint density at radius 2 is 1.72 bits per heavy atom. The average molecular weight is 450 g/mol. The first-order valence-electron chi connectivity index (χ1n) is 12.2. The summed E-state index contributed by atoms with van der Waals surface area (Å²) in [6.07, 6.45) is 8.25. The van der Waals surface area contributed by atoms with Crippen LogP contribution in [0.25, 0.3) is 0 Å². The van der Waals surface area contributed by atoms with Crippen LogP contribution in [0, 0.1) is 11.3 Å². The summed E-state index contributed by atoms with van der Waals surface area (Å²) in [6, 6.07) is -0.348. The largest absolute Gasteiger partial charge is 0.454 e. The van der Waals surface area contributed by atoms with E-state index in [0.29, 0.717) is 25.3 Å². The minimum Gasteiger partial charge on any atom is -0.454 e. The normalized spacial score (nSPS) is 26.9. The van der Waals surface area contributed by atoms with E-state index in [1.165, 1.54) is 6.42 Å². The van der Waals surface area contributed by atoms with Gasteiger partial charge in [0.25, 0.3) is 11.8 Å². The van der Waals surface area contributed by atoms with Crippen LogP contribution in [0.3, 0.4) is 0 Å². The third kappa shape index (κ3) is 5.26. The highest BCUT2D eigenvalue weighted by Crippen LogP contribution is 2.43. The maximum Gasteiger partial charge on any atom is 0.326 e. The van der Waals surface area contributed by atoms with Crippen molar-refractivity contribution in [2.24, 2.45) is 11.3 Å². The highest BCUT2D eigenvalue weighted by atomic mass is 16.5. The predicted molar refractivity (Wildman–Crippen MR) is 120 cm³/mol. The maximum absolute atomic E-state index is 13.0. The molecule has 1 saturated heterocycles. The van der Waals surface area contributed by atoms with Gasteiger partial charge in [0, 0.05) is 12.6 Å². The van der Waals surface area contributed by atoms with E-state index >= 15 is 0 Å². The van der Waals surface area contributed by atoms with Crippen molar-refractivity contribution in [1.82, 2.24) is 15.1 Å². The van der Waals surface area contributed by atoms with Gasteiger partial charge in [0.15, 0.2) is 6.61 Å². The van der Waals surface area contributed by atoms with Crippen LogP contribution in [-0.4, -0.2) is 64.9 Å². The number of nitrogens with one attached hydrogen (secondary N) is 1. The summed E-state index contributed by atoms with van der Waals surface area (Å²) in [5.74, 6) is -0.812. The fraction of sp³-hybridized carbons (Fsp3) is 0.833. The first kappa shape index (κ1) is 24.5. The monoisotopic (exact) mass is 449 g/mol. The summed E-state index contributed by atoms with van der Waals surface area (Å²) in [4.78, 5) is 53.2. The van der Waals surface area contributed by atoms with E-state index in [4.69, 9.17) is 4.74 Å². The zero-order chi connectivity index (χ0) is 23.5. The lowest BCUT2D eigenvalue weighted by Crippen LogP contribution is -2.50. The van der Waals surface area contributed by atoms with E-state index in [2.05, 4.69) is 26.1 Å². The van der Waals surface area contributed by atoms with Crippen molar-refractivity contribution >= 4 is 23.8 Å². The van der Waals surface area contributed by atoms with Crippen LogP contribution >= 0.6 is 0 Å². The van der Waals surface area contributed by atoms with Crippen molar-refractivity contribution in [3.63, 3.8) is 0 Å². The minimum absolute atomic E-state index is 0.160. The highest BCUT2D eigenvalue weighted by molar-refractivity contribution is 6.08. The van der Waals surface area contributed by atoms with Crippen LogP contribution < -0.4 is 5.32 Å². The molecule has 2 aliphatic carbocycles. The van der Waals surface area contributed by atoms with Crippen LogP contribution in [0.1, 0.15) is 85.5 Å². The van der Waals surface area contributed by atoms with E-state index in [0.717, 1.165) is 43.4 Å². The first-order chi connectivity index (χ1) is 15.1. The first-order valence-corrected chi connectivity index (χ1v) is 12.2. The number of hydrogen-bond acceptors (Lipinski definition) is 5. The topological polar surface area (TPSA) is 96.0 Å². The number of nitrogens with zero attached hydrogens (tertiary/aromatic N) is 2. The summed E-state index contributed by atoms with van der Waals surface area (Å²) in [5, 5.41) is 2.84. The Kier molecular flexibility index (Phi) is 7.50. The molecule has 3 rings (SSSR count). The SMILES string of the molecule is CCN(C(=O)COC(=O)CN1C(=O)NC2(CCC(C(C)(C)C)CC2)C1=O)C1CCCCC1. The Balaban J connectivity index is 1.51. The van der Waals surface area contributed by atoms with Crippen molar-refractivity contribution in [3.8, 4) is 0 Å². The van der Waals surface area contributed by atoms with Gasteiger partial charge in [0.05, 0.1) is 0 Å². The van der Waals surface area contributed by atoms with Gasteiger partial charge >= 0.3 is 12.0 Å². The van der Waals surface area contributed by atoms with E-state index in [-0.39, 0.29) is 29.9 Å². The second kappa shape index (κ2) is 9.79. The van der Waals surface area contributed by atoms with E-state index in [1.807, 2.05) is 6.92 Å². The summed E-state index contributed by atoms with van der Waals surface area (Å²) in [7, 11) is 0. The molecule has 0 unspecified atom stereocenters. The summed E-state index contributed by atoms with van der Waals surface area (Å²) < 4.78 is 5.17. The fourth-order valence-electron chi connectivity index (χ4n) is 5.57. The molecule has 1 aliphatic heterocycles. The second-order valence-electron chi connectivity index (χ2n) is 10.7. The molecule has 8 heteroatoms. The van der Waals surface area contributed by atoms with Gasteiger partial charge < -0.3 is 15.0 Å². The van der Waals surface area contributed by atoms with Gasteiger partial charge in [-0.3, -0.25) is 19.3 Å². The van der Waals surface area contributed by atoms with Crippen LogP contribution in [0.15, 0.2) is 0 Å². The highest BCUT2D eigenvalue weighted by Gasteiger charge is 2.53. The molecule has 8 nitrogen and oxygen atoms in total. The fourth-order valence-corrected chi connectivity index (χ4v) is 5.57. The Labute approximate surface area is 191 Å². The van der Waals surface area contributed by atoms with Crippen LogP contribution in [0.4, 0.5) is 4.79 Å². The molecule has 0 bridgehead atoms. The van der Waals surface area contributed by atoms with Crippen molar-refractivity contribution in [2.75, 3.05) is 19.7 Å². The number of carbonyl (C=O) groups excluding carboxylic acids is 4. The van der Waals surface area contributed by atoms with Crippen molar-refractivity contribution in [3.05, 3.63) is 0 Å². The Hall–Kier alpha value is -2.12. The number of amides is 4. The standard InChI is InChI=1S/C24H39N3O5/c1-5-26(18-9-7-6-8-10-18)19(28)16-32-20(29)15-27-21(30)24(25-22(27)31)13-11-17(12-14-24)23(2,3)4/h17-18H,5-16H2,1-4H3,(H,25,31). The number of esters is 1. The molecule has 1 spiro atoms. The Morgan fingerprint density at radius 1 is 1.09 bits per heavy atom. The smallest absolute Gasteiger partial charge is 0.326 e. The molecule has 1 N–H and O–H groups in total. The lowest BCUT2D eigenvalue weighted by Gasteiger charge is -2.40. The molecular weight excluding hydrogens is 410 g/mol. The average Bonchev–Trinajstić information content (AvgIpc) is 2.97. The van der Waals surface area contributed by atoms with Crippen LogP contribution in [-0.2, 0) is 19.1 Å². The molecule has 32 heavy (non-hydrogen) atoms. The van der Waals surface area contributed by atoms with Gasteiger partial charge in [-0.15, -0.1) is 0 Å². The van der Waals surface area contributed by atoms with E-state index in [9.17, 15) is 19.2 Å². The van der Waals surface area contributed by atoms with Crippen molar-refractivity contribution in [2.45, 2.75) is 97.1 Å². The molecule has 0 aromatic rings. The number of rotatable bonds is 6. The van der Waals surface area contributed by atoms with Crippen molar-refractivity contribution < 1.29 is 23.9 Å². The van der Waals surface area contributed by atoms with Gasteiger partial charge in [-0.1, -0.05) is 40.0 Å². The predicted octanol–water partition coefficient (Wildman–Crippen LogP) is 3.24. The lowest BCUT2D eigenvalue weighted by molar-refractivity contribution is -0.155. The van der Waals surface area contributed by atoms with Crippen molar-refractivity contribution in [1.29, 1.82) is 0 Å². The third-order valence-electron chi connectivity index (χ3n) is 7.63. The molecule has 4 amide bonds. The third-order valence-corrected chi connectivity index (χ3v) is 7.63. The van der Waals surface area contributed by atoms with E-state index < -0.39 is 24.1 Å². The van der Waals surface area contributed by atoms with Crippen LogP contribution in [0.2, 0.25) is 0 Å². The number of ether oxygens (including phenoxy) is 1. The number of urea groups is 1. The molecule has 3 aliphatic rings. The minimum atomic E-state index is -0.908. The molecule has 2 saturated carbocycles. The molecule has 0 radical (unpaired) electrons. The van der Waals surface area contributed by atoms with Crippen LogP contribution in [0.5, 0.6) is 0 Å². The Morgan fingerprint density at radius 3 is 2.28 bits per heavy atom. The zero-order valence-corrected chi connectivity index (χ0v) is 20.1. The molecule has 0 aromatic carbocycles. The van der Waals surface area contributed by atoms with E-state index in [1.54, 1.807) is 4.90 Å². The van der Waals surface area contributed by atoms with Gasteiger partial charge in [-0.25, -0.2) is 4.79 Å². The summed E-state index contributed by atoms with van der Waals surface area (Å²) in [6.45, 7) is 8.28. The summed E-state index contributed by atoms with van der Waals surface area (Å²) in [5.41, 5.74) is -0.748. The van der Waals surface area contributed by atoms with Gasteiger partial charge in [-0.2, -0.15) is 0 Å².